The van der Waals surface area contributed by atoms with Gasteiger partial charge in [-0.25, -0.2) is 9.97 Å². The molecule has 0 N–H and O–H groups in total. The molecule has 15 aromatic carbocycles. The molecular weight excluding hydrogens is 1210 g/mol. The maximum absolute atomic E-state index is 5.71. The lowest BCUT2D eigenvalue weighted by molar-refractivity contribution is 0.769. The van der Waals surface area contributed by atoms with Crippen molar-refractivity contribution in [3.63, 3.8) is 0 Å². The SMILES string of the molecule is c1ccc(-c2ccccc2-c2cc(-c3cccc(-n4c5ccccc5c5cc(-c6ccc7c(c6)C(c6ccccc6)(c6ccccc6)c6ccccc6-7)ccc54)c3)nc(-n3c4ccccc4c4cc(-c5ccc6c(c5)C(c5ccccc5)(c5ccccc5)c5ccccc5-6)ccc43)n2)cc1. The molecule has 2 aliphatic carbocycles. The van der Waals surface area contributed by atoms with Crippen LogP contribution in [0.5, 0.6) is 0 Å². The first-order chi connectivity index (χ1) is 49.6. The summed E-state index contributed by atoms with van der Waals surface area (Å²) in [5.41, 5.74) is 30.1. The van der Waals surface area contributed by atoms with Crippen molar-refractivity contribution in [3.8, 4) is 89.8 Å². The van der Waals surface area contributed by atoms with Crippen molar-refractivity contribution in [1.82, 2.24) is 19.1 Å². The van der Waals surface area contributed by atoms with Gasteiger partial charge >= 0.3 is 0 Å². The van der Waals surface area contributed by atoms with Crippen LogP contribution in [0.4, 0.5) is 0 Å². The summed E-state index contributed by atoms with van der Waals surface area (Å²) in [5, 5.41) is 4.63. The normalized spacial score (nSPS) is 13.2. The second-order valence-electron chi connectivity index (χ2n) is 26.6. The Hall–Kier alpha value is -13.0. The minimum absolute atomic E-state index is 0.500. The Morgan fingerprint density at radius 3 is 1.09 bits per heavy atom. The van der Waals surface area contributed by atoms with Gasteiger partial charge in [0.25, 0.3) is 0 Å². The van der Waals surface area contributed by atoms with Gasteiger partial charge in [0.15, 0.2) is 0 Å². The van der Waals surface area contributed by atoms with Crippen LogP contribution in [0, 0.1) is 0 Å². The van der Waals surface area contributed by atoms with E-state index < -0.39 is 10.8 Å². The van der Waals surface area contributed by atoms with E-state index in [2.05, 4.69) is 385 Å². The number of benzene rings is 15. The second-order valence-corrected chi connectivity index (χ2v) is 26.6. The van der Waals surface area contributed by atoms with Crippen LogP contribution in [0.15, 0.2) is 376 Å². The Balaban J connectivity index is 0.733. The van der Waals surface area contributed by atoms with Crippen molar-refractivity contribution in [2.75, 3.05) is 0 Å². The average Bonchev–Trinajstić information content (AvgIpc) is 1.53. The molecule has 2 aliphatic rings. The van der Waals surface area contributed by atoms with Gasteiger partial charge in [-0.1, -0.05) is 309 Å². The third kappa shape index (κ3) is 8.60. The quantitative estimate of drug-likeness (QED) is 0.129. The summed E-state index contributed by atoms with van der Waals surface area (Å²) in [4.78, 5) is 11.4. The van der Waals surface area contributed by atoms with Gasteiger partial charge in [-0.15, -0.1) is 0 Å². The van der Waals surface area contributed by atoms with Crippen LogP contribution in [0.2, 0.25) is 0 Å². The highest BCUT2D eigenvalue weighted by molar-refractivity contribution is 6.12. The van der Waals surface area contributed by atoms with E-state index in [9.17, 15) is 0 Å². The van der Waals surface area contributed by atoms with E-state index >= 15 is 0 Å². The predicted octanol–water partition coefficient (Wildman–Crippen LogP) is 23.7. The molecule has 0 unspecified atom stereocenters. The third-order valence-corrected chi connectivity index (χ3v) is 21.5. The Morgan fingerprint density at radius 1 is 0.200 bits per heavy atom. The lowest BCUT2D eigenvalue weighted by Crippen LogP contribution is -2.28. The standard InChI is InChI=1S/C96H62N4/c1-6-27-63(28-7-1)74-39-16-17-42-79(74)89-62-88(97-94(98-89)100-91-48-25-21-44-81(91)83-59-65(52-56-93(83)100)67-50-54-78-76-41-19-23-46-85(76)96(87(78)61-67,71-34-12-4-13-35-71)72-36-14-5-15-37-72)68-29-26-38-73(57-68)99-90-47-24-20-43-80(90)82-58-64(51-55-92(82)99)66-49-53-77-75-40-18-22-45-84(75)95(86(77)60-66,69-30-8-2-9-31-69)70-32-10-3-11-33-70/h1-62H. The largest absolute Gasteiger partial charge is 0.309 e. The maximum Gasteiger partial charge on any atom is 0.235 e. The zero-order chi connectivity index (χ0) is 65.9. The minimum atomic E-state index is -0.517. The number of aromatic nitrogens is 4. The molecule has 0 amide bonds. The Kier molecular flexibility index (Phi) is 13.1. The van der Waals surface area contributed by atoms with E-state index in [1.165, 1.54) is 88.7 Å². The zero-order valence-electron chi connectivity index (χ0n) is 54.6. The summed E-state index contributed by atoms with van der Waals surface area (Å²) in [6.07, 6.45) is 0. The van der Waals surface area contributed by atoms with Gasteiger partial charge in [0.1, 0.15) is 0 Å². The van der Waals surface area contributed by atoms with Gasteiger partial charge in [-0.05, 0) is 167 Å². The molecule has 466 valence electrons. The molecular formula is C96H62N4. The number of para-hydroxylation sites is 2. The molecule has 3 heterocycles. The van der Waals surface area contributed by atoms with Crippen molar-refractivity contribution in [3.05, 3.63) is 421 Å². The van der Waals surface area contributed by atoms with Crippen molar-refractivity contribution in [2.24, 2.45) is 0 Å². The highest BCUT2D eigenvalue weighted by Crippen LogP contribution is 2.59. The van der Waals surface area contributed by atoms with Crippen LogP contribution in [0.1, 0.15) is 44.5 Å². The molecule has 18 aromatic rings. The van der Waals surface area contributed by atoms with Crippen LogP contribution < -0.4 is 0 Å². The van der Waals surface area contributed by atoms with Crippen LogP contribution >= 0.6 is 0 Å². The van der Waals surface area contributed by atoms with Gasteiger partial charge in [0.2, 0.25) is 5.95 Å². The smallest absolute Gasteiger partial charge is 0.235 e. The number of rotatable bonds is 11. The van der Waals surface area contributed by atoms with Crippen molar-refractivity contribution < 1.29 is 0 Å². The molecule has 0 fully saturated rings. The lowest BCUT2D eigenvalue weighted by atomic mass is 9.67. The van der Waals surface area contributed by atoms with E-state index in [0.717, 1.165) is 83.3 Å². The lowest BCUT2D eigenvalue weighted by Gasteiger charge is -2.34. The summed E-state index contributed by atoms with van der Waals surface area (Å²) in [5.74, 6) is 0.593. The zero-order valence-corrected chi connectivity index (χ0v) is 54.6. The summed E-state index contributed by atoms with van der Waals surface area (Å²) in [6.45, 7) is 0. The highest BCUT2D eigenvalue weighted by atomic mass is 15.2. The van der Waals surface area contributed by atoms with E-state index in [-0.39, 0.29) is 0 Å². The first-order valence-electron chi connectivity index (χ1n) is 34.5. The van der Waals surface area contributed by atoms with Gasteiger partial charge < -0.3 is 4.57 Å². The molecule has 100 heavy (non-hydrogen) atoms. The van der Waals surface area contributed by atoms with Crippen LogP contribution in [-0.2, 0) is 10.8 Å². The molecule has 0 saturated heterocycles. The van der Waals surface area contributed by atoms with Crippen LogP contribution in [0.3, 0.4) is 0 Å². The first-order valence-corrected chi connectivity index (χ1v) is 34.5. The van der Waals surface area contributed by atoms with Crippen molar-refractivity contribution >= 4 is 43.6 Å². The van der Waals surface area contributed by atoms with Crippen LogP contribution in [0.25, 0.3) is 133 Å². The fraction of sp³-hybridized carbons (Fsp3) is 0.0208. The highest BCUT2D eigenvalue weighted by Gasteiger charge is 2.48. The summed E-state index contributed by atoms with van der Waals surface area (Å²) < 4.78 is 4.70. The van der Waals surface area contributed by atoms with E-state index in [0.29, 0.717) is 5.95 Å². The minimum Gasteiger partial charge on any atom is -0.309 e. The number of hydrogen-bond donors (Lipinski definition) is 0. The molecule has 0 bridgehead atoms. The molecule has 0 aliphatic heterocycles. The summed E-state index contributed by atoms with van der Waals surface area (Å²) >= 11 is 0. The number of hydrogen-bond acceptors (Lipinski definition) is 2. The van der Waals surface area contributed by atoms with Crippen molar-refractivity contribution in [2.45, 2.75) is 10.8 Å². The average molecular weight is 1270 g/mol. The molecule has 0 atom stereocenters. The first kappa shape index (κ1) is 57.2. The maximum atomic E-state index is 5.71. The molecule has 3 aromatic heterocycles. The Bertz CT molecular complexity index is 6190. The molecule has 20 rings (SSSR count). The Morgan fingerprint density at radius 2 is 0.570 bits per heavy atom. The third-order valence-electron chi connectivity index (χ3n) is 21.5. The fourth-order valence-corrected chi connectivity index (χ4v) is 17.2. The fourth-order valence-electron chi connectivity index (χ4n) is 17.2. The second kappa shape index (κ2) is 22.8. The van der Waals surface area contributed by atoms with Gasteiger partial charge in [-0.3, -0.25) is 4.57 Å². The Labute approximate surface area is 580 Å². The molecule has 4 heteroatoms. The van der Waals surface area contributed by atoms with Gasteiger partial charge in [-0.2, -0.15) is 0 Å². The summed E-state index contributed by atoms with van der Waals surface area (Å²) in [7, 11) is 0. The van der Waals surface area contributed by atoms with E-state index in [1.807, 2.05) is 0 Å². The topological polar surface area (TPSA) is 35.6 Å². The van der Waals surface area contributed by atoms with Gasteiger partial charge in [0, 0.05) is 38.4 Å². The van der Waals surface area contributed by atoms with Crippen molar-refractivity contribution in [1.29, 1.82) is 0 Å². The monoisotopic (exact) mass is 1270 g/mol. The molecule has 0 radical (unpaired) electrons. The predicted molar refractivity (Wildman–Crippen MR) is 412 cm³/mol. The summed E-state index contributed by atoms with van der Waals surface area (Å²) in [6, 6.07) is 138. The van der Waals surface area contributed by atoms with E-state index in [4.69, 9.17) is 9.97 Å². The number of nitrogens with zero attached hydrogens (tertiary/aromatic N) is 4. The number of fused-ring (bicyclic) bond motifs is 12. The van der Waals surface area contributed by atoms with Crippen LogP contribution in [-0.4, -0.2) is 19.1 Å². The molecule has 0 saturated carbocycles. The molecule has 0 spiro atoms. The molecule has 4 nitrogen and oxygen atoms in total. The van der Waals surface area contributed by atoms with E-state index in [1.54, 1.807) is 0 Å². The van der Waals surface area contributed by atoms with Gasteiger partial charge in [0.05, 0.1) is 44.3 Å².